The minimum Gasteiger partial charge on any atom is -0.483 e. The fourth-order valence-corrected chi connectivity index (χ4v) is 4.53. The number of rotatable bonds is 6. The van der Waals surface area contributed by atoms with Crippen LogP contribution in [0.3, 0.4) is 0 Å². The Labute approximate surface area is 190 Å². The van der Waals surface area contributed by atoms with E-state index in [0.29, 0.717) is 17.0 Å². The van der Waals surface area contributed by atoms with E-state index >= 15 is 0 Å². The van der Waals surface area contributed by atoms with Crippen molar-refractivity contribution in [1.29, 1.82) is 0 Å². The standard InChI is InChI=1S/C25H25BrN2O3/c26-24-21-12-5-4-7-17(21)13-14-22(24)31-16-23(29)27-20-11-6-8-18(15-20)25(30)28-19-9-2-1-3-10-19/h4-8,11-15,19H,1-3,9-10,16H2,(H,27,29)(H,28,30). The van der Waals surface area contributed by atoms with Gasteiger partial charge in [-0.25, -0.2) is 0 Å². The first kappa shape index (κ1) is 21.4. The maximum Gasteiger partial charge on any atom is 0.262 e. The molecule has 5 nitrogen and oxygen atoms in total. The topological polar surface area (TPSA) is 67.4 Å². The number of fused-ring (bicyclic) bond motifs is 1. The van der Waals surface area contributed by atoms with E-state index in [4.69, 9.17) is 4.74 Å². The van der Waals surface area contributed by atoms with Crippen LogP contribution >= 0.6 is 15.9 Å². The molecule has 0 aliphatic heterocycles. The second-order valence-electron chi connectivity index (χ2n) is 7.82. The van der Waals surface area contributed by atoms with Gasteiger partial charge in [-0.05, 0) is 63.8 Å². The van der Waals surface area contributed by atoms with E-state index in [1.807, 2.05) is 36.4 Å². The predicted octanol–water partition coefficient (Wildman–Crippen LogP) is 5.68. The van der Waals surface area contributed by atoms with Crippen LogP contribution in [0.15, 0.2) is 65.1 Å². The number of carbonyl (C=O) groups is 2. The lowest BCUT2D eigenvalue weighted by atomic mass is 9.95. The normalized spacial score (nSPS) is 14.2. The zero-order chi connectivity index (χ0) is 21.6. The van der Waals surface area contributed by atoms with Gasteiger partial charge in [0.25, 0.3) is 11.8 Å². The van der Waals surface area contributed by atoms with Crippen LogP contribution in [0.5, 0.6) is 5.75 Å². The molecule has 6 heteroatoms. The van der Waals surface area contributed by atoms with Crippen molar-refractivity contribution in [2.24, 2.45) is 0 Å². The average molecular weight is 481 g/mol. The van der Waals surface area contributed by atoms with E-state index in [1.54, 1.807) is 24.3 Å². The number of benzene rings is 3. The highest BCUT2D eigenvalue weighted by Crippen LogP contribution is 2.33. The first-order chi connectivity index (χ1) is 15.1. The number of halogens is 1. The van der Waals surface area contributed by atoms with Gasteiger partial charge in [-0.2, -0.15) is 0 Å². The molecule has 1 aliphatic rings. The van der Waals surface area contributed by atoms with Gasteiger partial charge in [-0.15, -0.1) is 0 Å². The Morgan fingerprint density at radius 3 is 2.61 bits per heavy atom. The summed E-state index contributed by atoms with van der Waals surface area (Å²) in [5.74, 6) is 0.221. The molecule has 1 saturated carbocycles. The highest BCUT2D eigenvalue weighted by Gasteiger charge is 2.17. The smallest absolute Gasteiger partial charge is 0.262 e. The van der Waals surface area contributed by atoms with Crippen LogP contribution in [0.2, 0.25) is 0 Å². The van der Waals surface area contributed by atoms with Gasteiger partial charge in [0.2, 0.25) is 0 Å². The molecule has 160 valence electrons. The minimum absolute atomic E-state index is 0.0978. The fourth-order valence-electron chi connectivity index (χ4n) is 3.92. The highest BCUT2D eigenvalue weighted by molar-refractivity contribution is 9.10. The molecule has 0 unspecified atom stereocenters. The Kier molecular flexibility index (Phi) is 6.87. The molecule has 0 bridgehead atoms. The molecule has 0 aromatic heterocycles. The molecule has 2 N–H and O–H groups in total. The summed E-state index contributed by atoms with van der Waals surface area (Å²) in [6, 6.07) is 19.0. The number of hydrogen-bond acceptors (Lipinski definition) is 3. The molecule has 0 atom stereocenters. The minimum atomic E-state index is -0.287. The summed E-state index contributed by atoms with van der Waals surface area (Å²) in [7, 11) is 0. The summed E-state index contributed by atoms with van der Waals surface area (Å²) in [6.45, 7) is -0.130. The lowest BCUT2D eigenvalue weighted by Crippen LogP contribution is -2.36. The molecule has 1 fully saturated rings. The zero-order valence-electron chi connectivity index (χ0n) is 17.2. The summed E-state index contributed by atoms with van der Waals surface area (Å²) < 4.78 is 6.54. The van der Waals surface area contributed by atoms with E-state index in [1.165, 1.54) is 6.42 Å². The van der Waals surface area contributed by atoms with Gasteiger partial charge in [-0.1, -0.05) is 55.7 Å². The lowest BCUT2D eigenvalue weighted by molar-refractivity contribution is -0.118. The third-order valence-corrected chi connectivity index (χ3v) is 6.35. The molecule has 1 aliphatic carbocycles. The first-order valence-electron chi connectivity index (χ1n) is 10.6. The molecule has 31 heavy (non-hydrogen) atoms. The van der Waals surface area contributed by atoms with Gasteiger partial charge in [0.15, 0.2) is 6.61 Å². The second-order valence-corrected chi connectivity index (χ2v) is 8.62. The Hall–Kier alpha value is -2.86. The van der Waals surface area contributed by atoms with Gasteiger partial charge < -0.3 is 15.4 Å². The van der Waals surface area contributed by atoms with E-state index in [0.717, 1.165) is 40.9 Å². The van der Waals surface area contributed by atoms with Crippen molar-refractivity contribution in [3.05, 3.63) is 70.7 Å². The molecule has 4 rings (SSSR count). The Balaban J connectivity index is 1.35. The summed E-state index contributed by atoms with van der Waals surface area (Å²) in [6.07, 6.45) is 5.63. The third-order valence-electron chi connectivity index (χ3n) is 5.54. The van der Waals surface area contributed by atoms with Crippen LogP contribution in [-0.2, 0) is 4.79 Å². The molecular formula is C25H25BrN2O3. The second kappa shape index (κ2) is 9.96. The Morgan fingerprint density at radius 1 is 0.968 bits per heavy atom. The SMILES string of the molecule is O=C(COc1ccc2ccccc2c1Br)Nc1cccc(C(=O)NC2CCCCC2)c1. The van der Waals surface area contributed by atoms with Gasteiger partial charge in [-0.3, -0.25) is 9.59 Å². The monoisotopic (exact) mass is 480 g/mol. The molecule has 3 aromatic carbocycles. The maximum absolute atomic E-state index is 12.6. The number of carbonyl (C=O) groups excluding carboxylic acids is 2. The molecule has 0 heterocycles. The average Bonchev–Trinajstić information content (AvgIpc) is 2.80. The summed E-state index contributed by atoms with van der Waals surface area (Å²) in [4.78, 5) is 25.0. The Morgan fingerprint density at radius 2 is 1.77 bits per heavy atom. The molecular weight excluding hydrogens is 456 g/mol. The van der Waals surface area contributed by atoms with Crippen LogP contribution in [0, 0.1) is 0 Å². The Bertz CT molecular complexity index is 1090. The lowest BCUT2D eigenvalue weighted by Gasteiger charge is -2.22. The molecule has 0 saturated heterocycles. The van der Waals surface area contributed by atoms with Gasteiger partial charge in [0.05, 0.1) is 4.47 Å². The predicted molar refractivity (Wildman–Crippen MR) is 127 cm³/mol. The number of anilines is 1. The molecule has 0 spiro atoms. The first-order valence-corrected chi connectivity index (χ1v) is 11.4. The quantitative estimate of drug-likeness (QED) is 0.476. The van der Waals surface area contributed by atoms with Crippen molar-refractivity contribution < 1.29 is 14.3 Å². The van der Waals surface area contributed by atoms with E-state index in [9.17, 15) is 9.59 Å². The van der Waals surface area contributed by atoms with Crippen molar-refractivity contribution in [2.45, 2.75) is 38.1 Å². The van der Waals surface area contributed by atoms with Crippen molar-refractivity contribution in [3.8, 4) is 5.75 Å². The number of amides is 2. The summed E-state index contributed by atoms with van der Waals surface area (Å²) in [5, 5.41) is 8.03. The molecule has 0 radical (unpaired) electrons. The van der Waals surface area contributed by atoms with Crippen LogP contribution in [0.25, 0.3) is 10.8 Å². The maximum atomic E-state index is 12.6. The van der Waals surface area contributed by atoms with Crippen molar-refractivity contribution in [1.82, 2.24) is 5.32 Å². The zero-order valence-corrected chi connectivity index (χ0v) is 18.8. The molecule has 3 aromatic rings. The number of hydrogen-bond donors (Lipinski definition) is 2. The fraction of sp³-hybridized carbons (Fsp3) is 0.280. The van der Waals surface area contributed by atoms with E-state index < -0.39 is 0 Å². The highest BCUT2D eigenvalue weighted by atomic mass is 79.9. The van der Waals surface area contributed by atoms with Crippen LogP contribution < -0.4 is 15.4 Å². The van der Waals surface area contributed by atoms with Crippen LogP contribution in [-0.4, -0.2) is 24.5 Å². The van der Waals surface area contributed by atoms with Crippen LogP contribution in [0.4, 0.5) is 5.69 Å². The van der Waals surface area contributed by atoms with Crippen molar-refractivity contribution in [2.75, 3.05) is 11.9 Å². The number of nitrogens with one attached hydrogen (secondary N) is 2. The van der Waals surface area contributed by atoms with Crippen LogP contribution in [0.1, 0.15) is 42.5 Å². The van der Waals surface area contributed by atoms with E-state index in [2.05, 4.69) is 26.6 Å². The van der Waals surface area contributed by atoms with Crippen molar-refractivity contribution >= 4 is 44.2 Å². The van der Waals surface area contributed by atoms with E-state index in [-0.39, 0.29) is 24.5 Å². The third kappa shape index (κ3) is 5.44. The van der Waals surface area contributed by atoms with Gasteiger partial charge >= 0.3 is 0 Å². The van der Waals surface area contributed by atoms with Gasteiger partial charge in [0.1, 0.15) is 5.75 Å². The summed E-state index contributed by atoms with van der Waals surface area (Å²) in [5.41, 5.74) is 1.11. The number of ether oxygens (including phenoxy) is 1. The summed E-state index contributed by atoms with van der Waals surface area (Å²) >= 11 is 3.56. The molecule has 2 amide bonds. The van der Waals surface area contributed by atoms with Gasteiger partial charge in [0, 0.05) is 17.3 Å². The largest absolute Gasteiger partial charge is 0.483 e. The van der Waals surface area contributed by atoms with Crippen molar-refractivity contribution in [3.63, 3.8) is 0 Å².